The van der Waals surface area contributed by atoms with E-state index in [-0.39, 0.29) is 24.6 Å². The number of hydrogen-bond donors (Lipinski definition) is 2. The van der Waals surface area contributed by atoms with Crippen molar-refractivity contribution in [2.75, 3.05) is 6.61 Å². The number of halogens is 2. The van der Waals surface area contributed by atoms with Crippen LogP contribution in [-0.2, 0) is 9.59 Å². The van der Waals surface area contributed by atoms with Crippen molar-refractivity contribution in [1.82, 2.24) is 10.6 Å². The fraction of sp³-hybridized carbons (Fsp3) is 0.556. The lowest BCUT2D eigenvalue weighted by atomic mass is 10.1. The summed E-state index contributed by atoms with van der Waals surface area (Å²) in [4.78, 5) is 23.9. The van der Waals surface area contributed by atoms with Gasteiger partial charge in [0.25, 0.3) is 11.8 Å². The fourth-order valence-electron chi connectivity index (χ4n) is 3.68. The van der Waals surface area contributed by atoms with Crippen molar-refractivity contribution in [3.05, 3.63) is 29.3 Å². The second-order valence-electron chi connectivity index (χ2n) is 7.26. The zero-order valence-corrected chi connectivity index (χ0v) is 14.4. The van der Waals surface area contributed by atoms with Crippen LogP contribution in [0.3, 0.4) is 0 Å². The summed E-state index contributed by atoms with van der Waals surface area (Å²) in [6, 6.07) is 6.80. The first kappa shape index (κ1) is 16.6. The number of alkyl halides is 1. The minimum absolute atomic E-state index is 0.0198. The summed E-state index contributed by atoms with van der Waals surface area (Å²) in [5.74, 6) is 0.634. The maximum atomic E-state index is 13.8. The lowest BCUT2D eigenvalue weighted by Gasteiger charge is -2.19. The molecule has 4 rings (SSSR count). The van der Waals surface area contributed by atoms with Crippen molar-refractivity contribution in [3.63, 3.8) is 0 Å². The van der Waals surface area contributed by atoms with E-state index in [2.05, 4.69) is 10.6 Å². The molecule has 4 atom stereocenters. The van der Waals surface area contributed by atoms with E-state index < -0.39 is 11.6 Å². The van der Waals surface area contributed by atoms with E-state index in [1.807, 2.05) is 0 Å². The van der Waals surface area contributed by atoms with Gasteiger partial charge in [-0.1, -0.05) is 11.6 Å². The predicted molar refractivity (Wildman–Crippen MR) is 90.1 cm³/mol. The normalized spacial score (nSPS) is 31.0. The van der Waals surface area contributed by atoms with Gasteiger partial charge in [0.15, 0.2) is 12.3 Å². The molecule has 3 aliphatic carbocycles. The van der Waals surface area contributed by atoms with E-state index >= 15 is 0 Å². The molecule has 0 heterocycles. The first-order chi connectivity index (χ1) is 11.9. The molecule has 1 aromatic rings. The molecule has 1 aromatic carbocycles. The molecule has 25 heavy (non-hydrogen) atoms. The maximum absolute atomic E-state index is 13.8. The molecular formula is C18H20ClFN2O3. The number of carbonyl (C=O) groups excluding carboxylic acids is 2. The topological polar surface area (TPSA) is 67.4 Å². The zero-order chi connectivity index (χ0) is 17.6. The van der Waals surface area contributed by atoms with Crippen molar-refractivity contribution in [3.8, 4) is 5.75 Å². The van der Waals surface area contributed by atoms with Crippen LogP contribution >= 0.6 is 11.6 Å². The molecule has 0 saturated heterocycles. The molecule has 3 fully saturated rings. The van der Waals surface area contributed by atoms with Crippen molar-refractivity contribution < 1.29 is 18.7 Å². The average molecular weight is 367 g/mol. The standard InChI is InChI=1S/C18H20ClFN2O3/c19-10-1-3-11(4-2-10)25-9-16(23)21-14-8-15(13-7-12(13)14)22-17(24)18(20)5-6-18/h1-4,12-15H,5-9H2,(H,21,23)(H,22,24)/t12?,13?,14-,15+/m1/s1. The molecule has 0 aromatic heterocycles. The Kier molecular flexibility index (Phi) is 4.10. The number of rotatable bonds is 6. The third kappa shape index (κ3) is 3.59. The van der Waals surface area contributed by atoms with Gasteiger partial charge in [0.2, 0.25) is 0 Å². The molecule has 0 bridgehead atoms. The Balaban J connectivity index is 1.24. The Hall–Kier alpha value is -1.82. The van der Waals surface area contributed by atoms with Gasteiger partial charge in [0, 0.05) is 17.1 Å². The number of hydrogen-bond acceptors (Lipinski definition) is 3. The van der Waals surface area contributed by atoms with Crippen LogP contribution in [0.2, 0.25) is 5.02 Å². The van der Waals surface area contributed by atoms with Crippen LogP contribution in [0.25, 0.3) is 0 Å². The van der Waals surface area contributed by atoms with E-state index in [4.69, 9.17) is 16.3 Å². The maximum Gasteiger partial charge on any atom is 0.258 e. The van der Waals surface area contributed by atoms with Gasteiger partial charge in [-0.15, -0.1) is 0 Å². The average Bonchev–Trinajstić information content (AvgIpc) is 3.49. The Morgan fingerprint density at radius 3 is 2.40 bits per heavy atom. The lowest BCUT2D eigenvalue weighted by Crippen LogP contribution is -2.44. The van der Waals surface area contributed by atoms with Crippen molar-refractivity contribution in [2.24, 2.45) is 11.8 Å². The van der Waals surface area contributed by atoms with Crippen LogP contribution in [0, 0.1) is 11.8 Å². The van der Waals surface area contributed by atoms with Gasteiger partial charge in [0.05, 0.1) is 0 Å². The van der Waals surface area contributed by atoms with Gasteiger partial charge in [0.1, 0.15) is 5.75 Å². The summed E-state index contributed by atoms with van der Waals surface area (Å²) < 4.78 is 19.2. The molecule has 0 spiro atoms. The highest BCUT2D eigenvalue weighted by Crippen LogP contribution is 2.52. The highest BCUT2D eigenvalue weighted by Gasteiger charge is 2.57. The molecule has 0 radical (unpaired) electrons. The second-order valence-corrected chi connectivity index (χ2v) is 7.70. The summed E-state index contributed by atoms with van der Waals surface area (Å²) in [5, 5.41) is 6.41. The number of amides is 2. The Morgan fingerprint density at radius 1 is 1.12 bits per heavy atom. The van der Waals surface area contributed by atoms with Gasteiger partial charge in [-0.25, -0.2) is 4.39 Å². The van der Waals surface area contributed by atoms with Gasteiger partial charge in [-0.2, -0.15) is 0 Å². The fourth-order valence-corrected chi connectivity index (χ4v) is 3.80. The van der Waals surface area contributed by atoms with Crippen LogP contribution in [0.15, 0.2) is 24.3 Å². The van der Waals surface area contributed by atoms with E-state index in [0.717, 1.165) is 6.42 Å². The van der Waals surface area contributed by atoms with Crippen LogP contribution in [0.5, 0.6) is 5.75 Å². The van der Waals surface area contributed by atoms with Gasteiger partial charge < -0.3 is 15.4 Å². The summed E-state index contributed by atoms with van der Waals surface area (Å²) in [6.07, 6.45) is 2.26. The molecule has 7 heteroatoms. The molecule has 3 aliphatic rings. The van der Waals surface area contributed by atoms with Gasteiger partial charge in [-0.3, -0.25) is 9.59 Å². The summed E-state index contributed by atoms with van der Waals surface area (Å²) in [7, 11) is 0. The third-order valence-corrected chi connectivity index (χ3v) is 5.63. The highest BCUT2D eigenvalue weighted by atomic mass is 35.5. The Morgan fingerprint density at radius 2 is 1.76 bits per heavy atom. The third-order valence-electron chi connectivity index (χ3n) is 5.38. The van der Waals surface area contributed by atoms with E-state index in [0.29, 0.717) is 41.9 Å². The molecule has 3 saturated carbocycles. The summed E-state index contributed by atoms with van der Waals surface area (Å²) in [5.41, 5.74) is -1.64. The minimum Gasteiger partial charge on any atom is -0.484 e. The SMILES string of the molecule is O=C(COc1ccc(Cl)cc1)N[C@@H]1C[C@H](NC(=O)C2(F)CC2)C2CC21. The first-order valence-corrected chi connectivity index (χ1v) is 9.00. The molecule has 2 N–H and O–H groups in total. The Labute approximate surface area is 150 Å². The van der Waals surface area contributed by atoms with Gasteiger partial charge >= 0.3 is 0 Å². The number of ether oxygens (including phenoxy) is 1. The lowest BCUT2D eigenvalue weighted by molar-refractivity contribution is -0.128. The summed E-state index contributed by atoms with van der Waals surface area (Å²) in [6.45, 7) is -0.0693. The van der Waals surface area contributed by atoms with E-state index in [1.54, 1.807) is 24.3 Å². The van der Waals surface area contributed by atoms with Crippen LogP contribution in [-0.4, -0.2) is 36.2 Å². The van der Waals surface area contributed by atoms with Crippen molar-refractivity contribution in [1.29, 1.82) is 0 Å². The molecule has 2 amide bonds. The second kappa shape index (κ2) is 6.16. The largest absolute Gasteiger partial charge is 0.484 e. The molecule has 0 aliphatic heterocycles. The number of carbonyl (C=O) groups is 2. The zero-order valence-electron chi connectivity index (χ0n) is 13.6. The summed E-state index contributed by atoms with van der Waals surface area (Å²) >= 11 is 5.80. The number of nitrogens with one attached hydrogen (secondary N) is 2. The van der Waals surface area contributed by atoms with Crippen LogP contribution in [0.4, 0.5) is 4.39 Å². The van der Waals surface area contributed by atoms with Gasteiger partial charge in [-0.05, 0) is 61.8 Å². The number of fused-ring (bicyclic) bond motifs is 1. The molecule has 2 unspecified atom stereocenters. The van der Waals surface area contributed by atoms with Crippen molar-refractivity contribution >= 4 is 23.4 Å². The van der Waals surface area contributed by atoms with E-state index in [1.165, 1.54) is 0 Å². The first-order valence-electron chi connectivity index (χ1n) is 8.62. The minimum atomic E-state index is -1.64. The van der Waals surface area contributed by atoms with Crippen molar-refractivity contribution in [2.45, 2.75) is 43.4 Å². The highest BCUT2D eigenvalue weighted by molar-refractivity contribution is 6.30. The van der Waals surface area contributed by atoms with Crippen LogP contribution in [0.1, 0.15) is 25.7 Å². The Bertz CT molecular complexity index is 692. The number of benzene rings is 1. The predicted octanol–water partition coefficient (Wildman–Crippen LogP) is 2.23. The molecule has 134 valence electrons. The molecule has 5 nitrogen and oxygen atoms in total. The smallest absolute Gasteiger partial charge is 0.258 e. The molecular weight excluding hydrogens is 347 g/mol. The van der Waals surface area contributed by atoms with E-state index in [9.17, 15) is 14.0 Å². The quantitative estimate of drug-likeness (QED) is 0.811. The monoisotopic (exact) mass is 366 g/mol. The van der Waals surface area contributed by atoms with Crippen LogP contribution < -0.4 is 15.4 Å².